The molecule has 262 valence electrons. The van der Waals surface area contributed by atoms with E-state index < -0.39 is 16.0 Å². The van der Waals surface area contributed by atoms with E-state index in [0.29, 0.717) is 57.5 Å². The van der Waals surface area contributed by atoms with Gasteiger partial charge in [0, 0.05) is 43.4 Å². The fraction of sp³-hybridized carbons (Fsp3) is 0.459. The van der Waals surface area contributed by atoms with Crippen LogP contribution in [0.5, 0.6) is 0 Å². The number of unbranched alkanes of at least 4 members (excludes halogenated alkanes) is 7. The molecular formula is C37H46N4O5S3. The van der Waals surface area contributed by atoms with Gasteiger partial charge in [-0.3, -0.25) is 14.5 Å². The van der Waals surface area contributed by atoms with Crippen LogP contribution in [0.25, 0.3) is 23.0 Å². The summed E-state index contributed by atoms with van der Waals surface area (Å²) in [6.45, 7) is 5.75. The molecule has 0 bridgehead atoms. The number of piperidine rings is 1. The van der Waals surface area contributed by atoms with E-state index in [4.69, 9.17) is 22.4 Å². The Morgan fingerprint density at radius 2 is 1.61 bits per heavy atom. The monoisotopic (exact) mass is 722 g/mol. The average Bonchev–Trinajstić information content (AvgIpc) is 3.61. The highest BCUT2D eigenvalue weighted by Gasteiger charge is 2.33. The van der Waals surface area contributed by atoms with E-state index in [1.54, 1.807) is 32.1 Å². The van der Waals surface area contributed by atoms with E-state index in [9.17, 15) is 18.0 Å². The normalized spacial score (nSPS) is 19.6. The van der Waals surface area contributed by atoms with Crippen molar-refractivity contribution in [2.24, 2.45) is 11.8 Å². The number of hydrogen-bond donors (Lipinski definition) is 1. The Bertz CT molecular complexity index is 1760. The number of aliphatic carboxylic acids is 1. The van der Waals surface area contributed by atoms with Gasteiger partial charge in [-0.2, -0.15) is 9.40 Å². The van der Waals surface area contributed by atoms with E-state index in [0.717, 1.165) is 63.5 Å². The van der Waals surface area contributed by atoms with Crippen LogP contribution >= 0.6 is 24.0 Å². The van der Waals surface area contributed by atoms with Gasteiger partial charge in [0.1, 0.15) is 10.0 Å². The number of nitrogens with zero attached hydrogens (tertiary/aromatic N) is 4. The zero-order valence-electron chi connectivity index (χ0n) is 28.3. The molecule has 3 heterocycles. The lowest BCUT2D eigenvalue weighted by Gasteiger charge is -2.34. The van der Waals surface area contributed by atoms with Gasteiger partial charge in [0.15, 0.2) is 0 Å². The summed E-state index contributed by atoms with van der Waals surface area (Å²) in [5, 5.41) is 13.6. The molecule has 0 radical (unpaired) electrons. The first-order chi connectivity index (χ1) is 23.5. The Morgan fingerprint density at radius 1 is 0.959 bits per heavy atom. The molecule has 2 unspecified atom stereocenters. The fourth-order valence-corrected chi connectivity index (χ4v) is 9.65. The van der Waals surface area contributed by atoms with Crippen molar-refractivity contribution in [3.8, 4) is 16.9 Å². The fourth-order valence-electron chi connectivity index (χ4n) is 6.63. The van der Waals surface area contributed by atoms with Gasteiger partial charge in [-0.15, -0.1) is 0 Å². The largest absolute Gasteiger partial charge is 0.481 e. The summed E-state index contributed by atoms with van der Waals surface area (Å²) in [5.41, 5.74) is 2.77. The van der Waals surface area contributed by atoms with Crippen molar-refractivity contribution in [2.75, 3.05) is 19.6 Å². The maximum absolute atomic E-state index is 13.8. The van der Waals surface area contributed by atoms with E-state index in [1.807, 2.05) is 48.7 Å². The van der Waals surface area contributed by atoms with Crippen molar-refractivity contribution in [3.63, 3.8) is 0 Å². The number of sulfonamides is 1. The maximum Gasteiger partial charge on any atom is 0.303 e. The van der Waals surface area contributed by atoms with Crippen LogP contribution in [-0.2, 0) is 19.6 Å². The third-order valence-corrected chi connectivity index (χ3v) is 12.2. The number of thiocarbonyl (C=S) groups is 1. The highest BCUT2D eigenvalue weighted by Crippen LogP contribution is 2.36. The Morgan fingerprint density at radius 3 is 2.29 bits per heavy atom. The Balaban J connectivity index is 1.31. The zero-order valence-corrected chi connectivity index (χ0v) is 30.7. The highest BCUT2D eigenvalue weighted by molar-refractivity contribution is 8.26. The maximum atomic E-state index is 13.8. The molecule has 12 heteroatoms. The van der Waals surface area contributed by atoms with Crippen molar-refractivity contribution in [2.45, 2.75) is 83.0 Å². The number of thioether (sulfide) groups is 1. The summed E-state index contributed by atoms with van der Waals surface area (Å²) in [6, 6.07) is 16.6. The molecular weight excluding hydrogens is 677 g/mol. The van der Waals surface area contributed by atoms with Crippen molar-refractivity contribution < 1.29 is 23.1 Å². The molecule has 2 fully saturated rings. The number of carbonyl (C=O) groups is 2. The molecule has 0 aliphatic carbocycles. The molecule has 5 rings (SSSR count). The molecule has 2 aliphatic heterocycles. The number of amides is 1. The third-order valence-electron chi connectivity index (χ3n) is 9.03. The van der Waals surface area contributed by atoms with Gasteiger partial charge < -0.3 is 5.11 Å². The van der Waals surface area contributed by atoms with Crippen LogP contribution in [0.2, 0.25) is 0 Å². The van der Waals surface area contributed by atoms with Crippen molar-refractivity contribution >= 4 is 56.3 Å². The van der Waals surface area contributed by atoms with E-state index in [1.165, 1.54) is 11.8 Å². The number of para-hydroxylation sites is 1. The topological polar surface area (TPSA) is 113 Å². The lowest BCUT2D eigenvalue weighted by atomic mass is 9.94. The minimum atomic E-state index is -3.70. The molecule has 0 saturated carbocycles. The summed E-state index contributed by atoms with van der Waals surface area (Å²) in [6.07, 6.45) is 12.8. The van der Waals surface area contributed by atoms with Gasteiger partial charge in [-0.1, -0.05) is 107 Å². The summed E-state index contributed by atoms with van der Waals surface area (Å²) in [4.78, 5) is 26.6. The Kier molecular flexibility index (Phi) is 12.9. The molecule has 2 aliphatic rings. The van der Waals surface area contributed by atoms with Crippen LogP contribution in [-0.4, -0.2) is 68.3 Å². The number of rotatable bonds is 16. The van der Waals surface area contributed by atoms with E-state index in [-0.39, 0.29) is 17.2 Å². The van der Waals surface area contributed by atoms with Crippen molar-refractivity contribution in [1.82, 2.24) is 19.0 Å². The average molecular weight is 723 g/mol. The van der Waals surface area contributed by atoms with Crippen LogP contribution < -0.4 is 0 Å². The van der Waals surface area contributed by atoms with E-state index in [2.05, 4.69) is 13.8 Å². The van der Waals surface area contributed by atoms with Gasteiger partial charge in [0.2, 0.25) is 10.0 Å². The molecule has 0 spiro atoms. The number of carboxylic acids is 1. The predicted molar refractivity (Wildman–Crippen MR) is 200 cm³/mol. The second kappa shape index (κ2) is 17.1. The molecule has 2 atom stereocenters. The second-order valence-corrected chi connectivity index (χ2v) is 16.9. The molecule has 2 aromatic carbocycles. The van der Waals surface area contributed by atoms with Crippen LogP contribution in [0.3, 0.4) is 0 Å². The molecule has 49 heavy (non-hydrogen) atoms. The molecule has 1 N–H and O–H groups in total. The standard InChI is InChI=1S/C37H46N4O5S3/c1-27-21-28(2)25-39(24-27)49(45,46)32-18-14-15-29(22-32)35-30(26-41(38-35)31-16-10-9-11-17-31)23-33-36(44)40(37(47)48-33)20-13-8-6-4-3-5-7-12-19-34(42)43/h9-11,14-18,22-23,26-28H,3-8,12-13,19-21,24-25H2,1-2H3,(H,42,43)/b33-23-. The van der Waals surface area contributed by atoms with Gasteiger partial charge in [0.05, 0.1) is 15.5 Å². The quantitative estimate of drug-likeness (QED) is 0.0900. The Labute approximate surface area is 299 Å². The second-order valence-electron chi connectivity index (χ2n) is 13.3. The number of carboxylic acid groups (broad SMARTS) is 1. The smallest absolute Gasteiger partial charge is 0.303 e. The van der Waals surface area contributed by atoms with Crippen LogP contribution in [0, 0.1) is 11.8 Å². The molecule has 2 saturated heterocycles. The first kappa shape index (κ1) is 36.9. The SMILES string of the molecule is CC1CC(C)CN(S(=O)(=O)c2cccc(-c3nn(-c4ccccc4)cc3/C=C3\SC(=S)N(CCCCCCCCCCC(=O)O)C3=O)c2)C1. The lowest BCUT2D eigenvalue weighted by molar-refractivity contribution is -0.137. The van der Waals surface area contributed by atoms with Crippen LogP contribution in [0.15, 0.2) is 70.6 Å². The first-order valence-corrected chi connectivity index (χ1v) is 19.9. The number of aromatic nitrogens is 2. The number of carbonyl (C=O) groups excluding carboxylic acids is 1. The van der Waals surface area contributed by atoms with Crippen molar-refractivity contribution in [3.05, 3.63) is 71.3 Å². The highest BCUT2D eigenvalue weighted by atomic mass is 32.2. The van der Waals surface area contributed by atoms with Gasteiger partial charge in [-0.05, 0) is 61.4 Å². The zero-order chi connectivity index (χ0) is 35.0. The summed E-state index contributed by atoms with van der Waals surface area (Å²) in [5.74, 6) is -0.274. The third kappa shape index (κ3) is 9.68. The molecule has 3 aromatic rings. The summed E-state index contributed by atoms with van der Waals surface area (Å²) >= 11 is 6.91. The molecule has 9 nitrogen and oxygen atoms in total. The van der Waals surface area contributed by atoms with Crippen LogP contribution in [0.4, 0.5) is 0 Å². The van der Waals surface area contributed by atoms with Gasteiger partial charge in [0.25, 0.3) is 5.91 Å². The van der Waals surface area contributed by atoms with Crippen molar-refractivity contribution in [1.29, 1.82) is 0 Å². The summed E-state index contributed by atoms with van der Waals surface area (Å²) < 4.78 is 31.5. The molecule has 1 amide bonds. The predicted octanol–water partition coefficient (Wildman–Crippen LogP) is 8.00. The number of hydrogen-bond acceptors (Lipinski definition) is 7. The van der Waals surface area contributed by atoms with E-state index >= 15 is 0 Å². The lowest BCUT2D eigenvalue weighted by Crippen LogP contribution is -2.42. The minimum Gasteiger partial charge on any atom is -0.481 e. The number of benzene rings is 2. The van der Waals surface area contributed by atoms with Gasteiger partial charge in [-0.25, -0.2) is 13.1 Å². The molecule has 1 aromatic heterocycles. The Hall–Kier alpha value is -3.32. The summed E-state index contributed by atoms with van der Waals surface area (Å²) in [7, 11) is -3.70. The minimum absolute atomic E-state index is 0.128. The first-order valence-electron chi connectivity index (χ1n) is 17.3. The van der Waals surface area contributed by atoms with Gasteiger partial charge >= 0.3 is 5.97 Å². The van der Waals surface area contributed by atoms with Crippen LogP contribution in [0.1, 0.15) is 83.6 Å².